The van der Waals surface area contributed by atoms with Gasteiger partial charge in [0.2, 0.25) is 0 Å². The number of carbonyl (C=O) groups is 1. The van der Waals surface area contributed by atoms with Crippen molar-refractivity contribution < 1.29 is 9.53 Å². The van der Waals surface area contributed by atoms with Crippen molar-refractivity contribution in [2.75, 3.05) is 13.2 Å². The van der Waals surface area contributed by atoms with E-state index < -0.39 is 0 Å². The number of hydrogen-bond donors (Lipinski definition) is 2. The summed E-state index contributed by atoms with van der Waals surface area (Å²) in [6.45, 7) is 1.45. The molecule has 1 unspecified atom stereocenters. The minimum atomic E-state index is -0.112. The lowest BCUT2D eigenvalue weighted by Crippen LogP contribution is -2.37. The largest absolute Gasteiger partial charge is 0.376 e. The summed E-state index contributed by atoms with van der Waals surface area (Å²) in [5, 5.41) is 5.65. The van der Waals surface area contributed by atoms with Crippen LogP contribution in [-0.2, 0) is 4.74 Å². The van der Waals surface area contributed by atoms with Gasteiger partial charge in [0.1, 0.15) is 0 Å². The van der Waals surface area contributed by atoms with Crippen LogP contribution in [0.4, 0.5) is 4.79 Å². The van der Waals surface area contributed by atoms with Crippen LogP contribution < -0.4 is 10.6 Å². The lowest BCUT2D eigenvalue weighted by Gasteiger charge is -2.14. The molecular formula is C13H22N2O2. The molecule has 0 aromatic rings. The Kier molecular flexibility index (Phi) is 4.86. The zero-order chi connectivity index (χ0) is 11.9. The van der Waals surface area contributed by atoms with Crippen molar-refractivity contribution in [3.8, 4) is 0 Å². The molecule has 1 atom stereocenters. The van der Waals surface area contributed by atoms with E-state index in [-0.39, 0.29) is 12.1 Å². The second kappa shape index (κ2) is 6.64. The predicted octanol–water partition coefficient (Wildman–Crippen LogP) is 2.31. The van der Waals surface area contributed by atoms with Crippen molar-refractivity contribution >= 4 is 6.03 Å². The average molecular weight is 238 g/mol. The summed E-state index contributed by atoms with van der Waals surface area (Å²) in [6.07, 6.45) is 10.4. The van der Waals surface area contributed by atoms with Gasteiger partial charge in [-0.2, -0.15) is 0 Å². The number of carbonyl (C=O) groups excluding carboxylic acids is 1. The molecule has 0 spiro atoms. The molecule has 4 nitrogen and oxygen atoms in total. The molecule has 0 aromatic heterocycles. The maximum atomic E-state index is 11.5. The first-order valence-electron chi connectivity index (χ1n) is 6.68. The number of nitrogens with one attached hydrogen (secondary N) is 2. The van der Waals surface area contributed by atoms with E-state index in [9.17, 15) is 4.79 Å². The second-order valence-electron chi connectivity index (χ2n) is 4.85. The molecule has 0 bridgehead atoms. The molecule has 0 radical (unpaired) electrons. The molecule has 1 saturated heterocycles. The Morgan fingerprint density at radius 2 is 2.12 bits per heavy atom. The van der Waals surface area contributed by atoms with Crippen LogP contribution in [0, 0.1) is 0 Å². The molecule has 2 fully saturated rings. The summed E-state index contributed by atoms with van der Waals surface area (Å²) in [5.41, 5.74) is 1.36. The Morgan fingerprint density at radius 3 is 2.82 bits per heavy atom. The van der Waals surface area contributed by atoms with Crippen molar-refractivity contribution in [3.63, 3.8) is 0 Å². The minimum Gasteiger partial charge on any atom is -0.376 e. The maximum Gasteiger partial charge on any atom is 0.318 e. The molecule has 2 rings (SSSR count). The number of allylic oxidation sites excluding steroid dienone is 1. The van der Waals surface area contributed by atoms with Gasteiger partial charge >= 0.3 is 6.03 Å². The van der Waals surface area contributed by atoms with Gasteiger partial charge in [-0.3, -0.25) is 0 Å². The SMILES string of the molecule is O=C(NC=C1CCCCC1)NCC1CCCO1. The van der Waals surface area contributed by atoms with Crippen LogP contribution in [0.5, 0.6) is 0 Å². The zero-order valence-electron chi connectivity index (χ0n) is 10.3. The Hall–Kier alpha value is -1.03. The van der Waals surface area contributed by atoms with E-state index in [0.717, 1.165) is 32.3 Å². The summed E-state index contributed by atoms with van der Waals surface area (Å²) >= 11 is 0. The van der Waals surface area contributed by atoms with E-state index in [1.54, 1.807) is 0 Å². The van der Waals surface area contributed by atoms with Crippen LogP contribution >= 0.6 is 0 Å². The van der Waals surface area contributed by atoms with Gasteiger partial charge < -0.3 is 15.4 Å². The third-order valence-corrected chi connectivity index (χ3v) is 3.42. The van der Waals surface area contributed by atoms with Gasteiger partial charge in [0.15, 0.2) is 0 Å². The third kappa shape index (κ3) is 4.38. The highest BCUT2D eigenvalue weighted by Crippen LogP contribution is 2.21. The first-order valence-corrected chi connectivity index (χ1v) is 6.68. The summed E-state index contributed by atoms with van der Waals surface area (Å²) in [5.74, 6) is 0. The summed E-state index contributed by atoms with van der Waals surface area (Å²) in [7, 11) is 0. The Morgan fingerprint density at radius 1 is 1.29 bits per heavy atom. The molecule has 17 heavy (non-hydrogen) atoms. The summed E-state index contributed by atoms with van der Waals surface area (Å²) in [4.78, 5) is 11.5. The monoisotopic (exact) mass is 238 g/mol. The highest BCUT2D eigenvalue weighted by atomic mass is 16.5. The Labute approximate surface area is 103 Å². The van der Waals surface area contributed by atoms with E-state index >= 15 is 0 Å². The Balaban J connectivity index is 1.62. The van der Waals surface area contributed by atoms with Crippen LogP contribution in [0.15, 0.2) is 11.8 Å². The molecule has 1 heterocycles. The van der Waals surface area contributed by atoms with Crippen molar-refractivity contribution in [2.45, 2.75) is 51.0 Å². The van der Waals surface area contributed by atoms with Crippen LogP contribution in [-0.4, -0.2) is 25.3 Å². The smallest absolute Gasteiger partial charge is 0.318 e. The lowest BCUT2D eigenvalue weighted by atomic mass is 9.96. The third-order valence-electron chi connectivity index (χ3n) is 3.42. The Bertz CT molecular complexity index is 275. The van der Waals surface area contributed by atoms with E-state index in [1.807, 2.05) is 6.20 Å². The van der Waals surface area contributed by atoms with Gasteiger partial charge in [0.25, 0.3) is 0 Å². The number of ether oxygens (including phenoxy) is 1. The average Bonchev–Trinajstić information content (AvgIpc) is 2.88. The molecular weight excluding hydrogens is 216 g/mol. The number of rotatable bonds is 3. The maximum absolute atomic E-state index is 11.5. The van der Waals surface area contributed by atoms with Gasteiger partial charge in [-0.05, 0) is 38.5 Å². The zero-order valence-corrected chi connectivity index (χ0v) is 10.3. The predicted molar refractivity (Wildman–Crippen MR) is 66.7 cm³/mol. The number of amides is 2. The molecule has 1 aliphatic carbocycles. The first-order chi connectivity index (χ1) is 8.34. The number of hydrogen-bond acceptors (Lipinski definition) is 2. The standard InChI is InChI=1S/C13H22N2O2/c16-13(15-10-12-7-4-8-17-12)14-9-11-5-2-1-3-6-11/h9,12H,1-8,10H2,(H2,14,15,16). The summed E-state index contributed by atoms with van der Waals surface area (Å²) < 4.78 is 5.44. The van der Waals surface area contributed by atoms with Gasteiger partial charge in [-0.1, -0.05) is 12.0 Å². The van der Waals surface area contributed by atoms with Crippen molar-refractivity contribution in [1.29, 1.82) is 0 Å². The van der Waals surface area contributed by atoms with E-state index in [1.165, 1.54) is 24.8 Å². The minimum absolute atomic E-state index is 0.112. The normalized spacial score (nSPS) is 24.5. The van der Waals surface area contributed by atoms with Crippen LogP contribution in [0.1, 0.15) is 44.9 Å². The molecule has 2 N–H and O–H groups in total. The lowest BCUT2D eigenvalue weighted by molar-refractivity contribution is 0.111. The fraction of sp³-hybridized carbons (Fsp3) is 0.769. The molecule has 4 heteroatoms. The summed E-state index contributed by atoms with van der Waals surface area (Å²) in [6, 6.07) is -0.112. The second-order valence-corrected chi connectivity index (χ2v) is 4.85. The molecule has 2 amide bonds. The molecule has 96 valence electrons. The van der Waals surface area contributed by atoms with Crippen molar-refractivity contribution in [3.05, 3.63) is 11.8 Å². The highest BCUT2D eigenvalue weighted by Gasteiger charge is 2.15. The van der Waals surface area contributed by atoms with E-state index in [4.69, 9.17) is 4.74 Å². The fourth-order valence-electron chi connectivity index (χ4n) is 2.38. The van der Waals surface area contributed by atoms with E-state index in [0.29, 0.717) is 6.54 Å². The number of urea groups is 1. The topological polar surface area (TPSA) is 50.4 Å². The first kappa shape index (κ1) is 12.4. The molecule has 1 saturated carbocycles. The van der Waals surface area contributed by atoms with Crippen LogP contribution in [0.2, 0.25) is 0 Å². The van der Waals surface area contributed by atoms with E-state index in [2.05, 4.69) is 10.6 Å². The van der Waals surface area contributed by atoms with Gasteiger partial charge in [-0.15, -0.1) is 0 Å². The molecule has 2 aliphatic rings. The van der Waals surface area contributed by atoms with Crippen molar-refractivity contribution in [2.24, 2.45) is 0 Å². The van der Waals surface area contributed by atoms with Gasteiger partial charge in [-0.25, -0.2) is 4.79 Å². The highest BCUT2D eigenvalue weighted by molar-refractivity contribution is 5.74. The molecule has 0 aromatic carbocycles. The van der Waals surface area contributed by atoms with Gasteiger partial charge in [0, 0.05) is 19.4 Å². The fourth-order valence-corrected chi connectivity index (χ4v) is 2.38. The van der Waals surface area contributed by atoms with Crippen molar-refractivity contribution in [1.82, 2.24) is 10.6 Å². The van der Waals surface area contributed by atoms with Crippen LogP contribution in [0.25, 0.3) is 0 Å². The quantitative estimate of drug-likeness (QED) is 0.792. The molecule has 1 aliphatic heterocycles. The van der Waals surface area contributed by atoms with Gasteiger partial charge in [0.05, 0.1) is 6.10 Å². The van der Waals surface area contributed by atoms with Crippen LogP contribution in [0.3, 0.4) is 0 Å².